The van der Waals surface area contributed by atoms with Crippen LogP contribution in [0.25, 0.3) is 0 Å². The number of fused-ring (bicyclic) bond motifs is 2. The molecule has 1 aromatic rings. The van der Waals surface area contributed by atoms with E-state index in [2.05, 4.69) is 26.4 Å². The number of hydrogen-bond acceptors (Lipinski definition) is 7. The van der Waals surface area contributed by atoms with Crippen molar-refractivity contribution in [2.45, 2.75) is 31.5 Å². The zero-order valence-corrected chi connectivity index (χ0v) is 11.4. The van der Waals surface area contributed by atoms with Crippen LogP contribution in [0.2, 0.25) is 0 Å². The van der Waals surface area contributed by atoms with E-state index >= 15 is 0 Å². The summed E-state index contributed by atoms with van der Waals surface area (Å²) in [6.07, 6.45) is 2.21. The van der Waals surface area contributed by atoms with E-state index in [0.29, 0.717) is 24.4 Å². The number of carbonyl (C=O) groups is 3. The van der Waals surface area contributed by atoms with Crippen molar-refractivity contribution in [2.24, 2.45) is 0 Å². The summed E-state index contributed by atoms with van der Waals surface area (Å²) in [5.74, 6) is -1.02. The van der Waals surface area contributed by atoms with Gasteiger partial charge in [0.15, 0.2) is 0 Å². The number of amides is 4. The average Bonchev–Trinajstić information content (AvgIpc) is 3.09. The number of rotatable bonds is 3. The van der Waals surface area contributed by atoms with Crippen LogP contribution in [0.5, 0.6) is 0 Å². The Hall–Kier alpha value is -2.76. The third-order valence-corrected chi connectivity index (χ3v) is 3.67. The molecular formula is C10H14N8O4. The molecule has 3 rings (SSSR count). The van der Waals surface area contributed by atoms with Crippen LogP contribution in [0, 0.1) is 0 Å². The van der Waals surface area contributed by atoms with E-state index in [9.17, 15) is 19.6 Å². The van der Waals surface area contributed by atoms with Crippen molar-refractivity contribution in [3.63, 3.8) is 0 Å². The second kappa shape index (κ2) is 5.55. The first-order chi connectivity index (χ1) is 10.6. The van der Waals surface area contributed by atoms with E-state index in [4.69, 9.17) is 0 Å². The summed E-state index contributed by atoms with van der Waals surface area (Å²) in [7, 11) is 0. The number of urea groups is 1. The lowest BCUT2D eigenvalue weighted by molar-refractivity contribution is -0.132. The number of nitrogens with zero attached hydrogens (tertiary/aromatic N) is 6. The maximum Gasteiger partial charge on any atom is 0.344 e. The van der Waals surface area contributed by atoms with Crippen LogP contribution in [-0.2, 0) is 16.1 Å². The van der Waals surface area contributed by atoms with E-state index in [1.807, 2.05) is 0 Å². The molecule has 0 aliphatic carbocycles. The number of hydroxylamine groups is 2. The van der Waals surface area contributed by atoms with Gasteiger partial charge < -0.3 is 4.90 Å². The van der Waals surface area contributed by atoms with Gasteiger partial charge in [-0.2, -0.15) is 0 Å². The number of tetrazole rings is 1. The lowest BCUT2D eigenvalue weighted by Gasteiger charge is -2.29. The molecule has 12 heteroatoms. The fraction of sp³-hybridized carbons (Fsp3) is 0.600. The van der Waals surface area contributed by atoms with Crippen molar-refractivity contribution in [1.29, 1.82) is 0 Å². The Balaban J connectivity index is 1.52. The van der Waals surface area contributed by atoms with Crippen molar-refractivity contribution >= 4 is 17.8 Å². The molecule has 1 aromatic heterocycles. The Morgan fingerprint density at radius 3 is 2.91 bits per heavy atom. The standard InChI is InChI=1S/C10H14N8O4/c19-8(4-16-5-11-14-15-16)12-13-9(20)7-2-1-6-3-17(7)10(21)18(6)22/h5-7,22H,1-4H2,(H,12,19)(H,13,20)/t6-,7+/m1/s1. The van der Waals surface area contributed by atoms with Gasteiger partial charge in [0.25, 0.3) is 11.8 Å². The molecule has 2 bridgehead atoms. The highest BCUT2D eigenvalue weighted by Crippen LogP contribution is 2.28. The lowest BCUT2D eigenvalue weighted by atomic mass is 10.0. The molecule has 22 heavy (non-hydrogen) atoms. The molecule has 0 saturated carbocycles. The Kier molecular flexibility index (Phi) is 3.58. The Bertz CT molecular complexity index is 590. The van der Waals surface area contributed by atoms with E-state index in [1.54, 1.807) is 0 Å². The summed E-state index contributed by atoms with van der Waals surface area (Å²) in [6, 6.07) is -1.58. The van der Waals surface area contributed by atoms with E-state index in [-0.39, 0.29) is 12.6 Å². The van der Waals surface area contributed by atoms with Crippen LogP contribution in [0.3, 0.4) is 0 Å². The van der Waals surface area contributed by atoms with Gasteiger partial charge in [-0.1, -0.05) is 0 Å². The number of hydrazine groups is 1. The first-order valence-corrected chi connectivity index (χ1v) is 6.64. The molecular weight excluding hydrogens is 296 g/mol. The summed E-state index contributed by atoms with van der Waals surface area (Å²) >= 11 is 0. The highest BCUT2D eigenvalue weighted by Gasteiger charge is 2.46. The molecule has 12 nitrogen and oxygen atoms in total. The van der Waals surface area contributed by atoms with Gasteiger partial charge in [-0.05, 0) is 23.3 Å². The number of nitrogens with one attached hydrogen (secondary N) is 2. The van der Waals surface area contributed by atoms with Crippen molar-refractivity contribution in [2.75, 3.05) is 6.54 Å². The molecule has 2 atom stereocenters. The zero-order chi connectivity index (χ0) is 15.7. The van der Waals surface area contributed by atoms with Gasteiger partial charge in [0.2, 0.25) is 0 Å². The van der Waals surface area contributed by atoms with Crippen LogP contribution in [0.15, 0.2) is 6.33 Å². The SMILES string of the molecule is O=C(Cn1cnnn1)NNC(=O)[C@@H]1CC[C@@H]2CN1C(=O)N2O. The summed E-state index contributed by atoms with van der Waals surface area (Å²) in [6.45, 7) is 0.152. The number of aromatic nitrogens is 4. The minimum Gasteiger partial charge on any atom is -0.309 e. The molecule has 0 radical (unpaired) electrons. The lowest BCUT2D eigenvalue weighted by Crippen LogP contribution is -2.54. The largest absolute Gasteiger partial charge is 0.344 e. The van der Waals surface area contributed by atoms with Crippen molar-refractivity contribution < 1.29 is 19.6 Å². The topological polar surface area (TPSA) is 146 Å². The molecule has 0 aromatic carbocycles. The van der Waals surface area contributed by atoms with Gasteiger partial charge in [-0.25, -0.2) is 14.5 Å². The van der Waals surface area contributed by atoms with Gasteiger partial charge in [0.1, 0.15) is 18.9 Å². The molecule has 3 heterocycles. The fourth-order valence-electron chi connectivity index (χ4n) is 2.58. The molecule has 0 unspecified atom stereocenters. The third kappa shape index (κ3) is 2.55. The minimum absolute atomic E-state index is 0.146. The highest BCUT2D eigenvalue weighted by atomic mass is 16.5. The van der Waals surface area contributed by atoms with Gasteiger partial charge in [0.05, 0.1) is 6.04 Å². The predicted molar refractivity (Wildman–Crippen MR) is 66.6 cm³/mol. The Morgan fingerprint density at radius 2 is 2.18 bits per heavy atom. The quantitative estimate of drug-likeness (QED) is 0.412. The predicted octanol–water partition coefficient (Wildman–Crippen LogP) is -2.52. The normalized spacial score (nSPS) is 23.6. The van der Waals surface area contributed by atoms with Crippen LogP contribution < -0.4 is 10.9 Å². The smallest absolute Gasteiger partial charge is 0.309 e. The van der Waals surface area contributed by atoms with Crippen molar-refractivity contribution in [3.8, 4) is 0 Å². The number of hydrogen-bond donors (Lipinski definition) is 3. The molecule has 2 aliphatic heterocycles. The van der Waals surface area contributed by atoms with Gasteiger partial charge in [-0.3, -0.25) is 25.6 Å². The number of carbonyl (C=O) groups excluding carboxylic acids is 3. The van der Waals surface area contributed by atoms with Crippen LogP contribution in [0.4, 0.5) is 4.79 Å². The van der Waals surface area contributed by atoms with E-state index in [0.717, 1.165) is 0 Å². The van der Waals surface area contributed by atoms with Crippen molar-refractivity contribution in [3.05, 3.63) is 6.33 Å². The zero-order valence-electron chi connectivity index (χ0n) is 11.4. The molecule has 3 N–H and O–H groups in total. The van der Waals surface area contributed by atoms with E-state index in [1.165, 1.54) is 15.9 Å². The molecule has 2 saturated heterocycles. The molecule has 2 aliphatic rings. The Labute approximate surface area is 124 Å². The Morgan fingerprint density at radius 1 is 1.36 bits per heavy atom. The van der Waals surface area contributed by atoms with Gasteiger partial charge in [-0.15, -0.1) is 5.10 Å². The van der Waals surface area contributed by atoms with Gasteiger partial charge >= 0.3 is 6.03 Å². The summed E-state index contributed by atoms with van der Waals surface area (Å²) in [5.41, 5.74) is 4.50. The van der Waals surface area contributed by atoms with Crippen molar-refractivity contribution in [1.82, 2.24) is 41.0 Å². The first kappa shape index (κ1) is 14.2. The monoisotopic (exact) mass is 310 g/mol. The average molecular weight is 310 g/mol. The van der Waals surface area contributed by atoms with E-state index < -0.39 is 23.9 Å². The molecule has 4 amide bonds. The minimum atomic E-state index is -0.714. The van der Waals surface area contributed by atoms with Crippen LogP contribution in [0.1, 0.15) is 12.8 Å². The number of piperidine rings is 1. The first-order valence-electron chi connectivity index (χ1n) is 6.64. The highest BCUT2D eigenvalue weighted by molar-refractivity contribution is 5.89. The molecule has 0 spiro atoms. The summed E-state index contributed by atoms with van der Waals surface area (Å²) < 4.78 is 1.19. The maximum absolute atomic E-state index is 12.1. The second-order valence-corrected chi connectivity index (χ2v) is 5.07. The van der Waals surface area contributed by atoms with Gasteiger partial charge in [0, 0.05) is 6.54 Å². The summed E-state index contributed by atoms with van der Waals surface area (Å²) in [4.78, 5) is 36.7. The fourth-order valence-corrected chi connectivity index (χ4v) is 2.58. The third-order valence-electron chi connectivity index (χ3n) is 3.67. The van der Waals surface area contributed by atoms with Crippen LogP contribution >= 0.6 is 0 Å². The molecule has 118 valence electrons. The molecule has 2 fully saturated rings. The second-order valence-electron chi connectivity index (χ2n) is 5.07. The summed E-state index contributed by atoms with van der Waals surface area (Å²) in [5, 5.41) is 20.5. The maximum atomic E-state index is 12.1. The van der Waals surface area contributed by atoms with Crippen LogP contribution in [-0.4, -0.2) is 71.9 Å².